The number of aliphatic hydroxyl groups excluding tert-OH is 1. The van der Waals surface area contributed by atoms with Crippen molar-refractivity contribution in [2.75, 3.05) is 24.6 Å². The number of likely N-dealkylation sites (N-methyl/N-ethyl adjacent to an activating group) is 1. The molecule has 3 heteroatoms. The molecule has 1 heterocycles. The molecule has 2 atom stereocenters. The SMILES string of the molecule is CCNC(C)(CO)CCCN1c2ccccc2CC1C. The topological polar surface area (TPSA) is 35.5 Å². The summed E-state index contributed by atoms with van der Waals surface area (Å²) in [6.07, 6.45) is 3.26. The van der Waals surface area contributed by atoms with Gasteiger partial charge in [-0.25, -0.2) is 0 Å². The van der Waals surface area contributed by atoms with Crippen LogP contribution in [0.15, 0.2) is 24.3 Å². The van der Waals surface area contributed by atoms with Crippen LogP contribution in [0.4, 0.5) is 5.69 Å². The molecule has 0 radical (unpaired) electrons. The molecule has 1 aliphatic rings. The Kier molecular flexibility index (Phi) is 5.06. The van der Waals surface area contributed by atoms with Gasteiger partial charge in [-0.3, -0.25) is 0 Å². The third kappa shape index (κ3) is 3.33. The van der Waals surface area contributed by atoms with E-state index >= 15 is 0 Å². The normalized spacial score (nSPS) is 20.8. The van der Waals surface area contributed by atoms with Gasteiger partial charge in [-0.2, -0.15) is 0 Å². The van der Waals surface area contributed by atoms with Crippen LogP contribution in [-0.4, -0.2) is 36.4 Å². The third-order valence-corrected chi connectivity index (χ3v) is 4.43. The second-order valence-electron chi connectivity index (χ2n) is 6.23. The monoisotopic (exact) mass is 276 g/mol. The van der Waals surface area contributed by atoms with Gasteiger partial charge in [0.1, 0.15) is 0 Å². The van der Waals surface area contributed by atoms with Crippen LogP contribution in [-0.2, 0) is 6.42 Å². The van der Waals surface area contributed by atoms with Crippen molar-refractivity contribution in [1.29, 1.82) is 0 Å². The van der Waals surface area contributed by atoms with Crippen LogP contribution in [0.25, 0.3) is 0 Å². The lowest BCUT2D eigenvalue weighted by molar-refractivity contribution is 0.166. The van der Waals surface area contributed by atoms with Crippen LogP contribution in [0.5, 0.6) is 0 Å². The molecular weight excluding hydrogens is 248 g/mol. The Morgan fingerprint density at radius 2 is 2.15 bits per heavy atom. The van der Waals surface area contributed by atoms with Crippen molar-refractivity contribution in [2.24, 2.45) is 0 Å². The Morgan fingerprint density at radius 1 is 1.40 bits per heavy atom. The van der Waals surface area contributed by atoms with E-state index in [9.17, 15) is 5.11 Å². The molecule has 0 saturated carbocycles. The van der Waals surface area contributed by atoms with Gasteiger partial charge in [0.05, 0.1) is 6.61 Å². The van der Waals surface area contributed by atoms with E-state index in [1.54, 1.807) is 0 Å². The summed E-state index contributed by atoms with van der Waals surface area (Å²) < 4.78 is 0. The fourth-order valence-electron chi connectivity index (χ4n) is 3.26. The molecule has 2 rings (SSSR count). The summed E-state index contributed by atoms with van der Waals surface area (Å²) in [4.78, 5) is 2.51. The van der Waals surface area contributed by atoms with E-state index in [-0.39, 0.29) is 12.1 Å². The number of hydrogen-bond donors (Lipinski definition) is 2. The van der Waals surface area contributed by atoms with Crippen molar-refractivity contribution in [3.05, 3.63) is 29.8 Å². The minimum Gasteiger partial charge on any atom is -0.394 e. The molecule has 112 valence electrons. The molecule has 1 aromatic rings. The molecule has 2 N–H and O–H groups in total. The Bertz CT molecular complexity index is 435. The number of rotatable bonds is 7. The fraction of sp³-hybridized carbons (Fsp3) is 0.647. The highest BCUT2D eigenvalue weighted by molar-refractivity contribution is 5.59. The summed E-state index contributed by atoms with van der Waals surface area (Å²) in [5.41, 5.74) is 2.72. The zero-order chi connectivity index (χ0) is 14.6. The highest BCUT2D eigenvalue weighted by atomic mass is 16.3. The van der Waals surface area contributed by atoms with E-state index in [1.807, 2.05) is 0 Å². The van der Waals surface area contributed by atoms with Crippen molar-refractivity contribution in [3.8, 4) is 0 Å². The number of nitrogens with zero attached hydrogens (tertiary/aromatic N) is 1. The predicted molar refractivity (Wildman–Crippen MR) is 85.4 cm³/mol. The molecule has 0 saturated heterocycles. The third-order valence-electron chi connectivity index (χ3n) is 4.43. The molecular formula is C17H28N2O. The van der Waals surface area contributed by atoms with Crippen LogP contribution in [0.2, 0.25) is 0 Å². The summed E-state index contributed by atoms with van der Waals surface area (Å²) >= 11 is 0. The van der Waals surface area contributed by atoms with E-state index in [2.05, 4.69) is 55.3 Å². The lowest BCUT2D eigenvalue weighted by Crippen LogP contribution is -2.46. The highest BCUT2D eigenvalue weighted by Crippen LogP contribution is 2.32. The first-order valence-corrected chi connectivity index (χ1v) is 7.80. The number of anilines is 1. The standard InChI is InChI=1S/C17H28N2O/c1-4-18-17(3,13-20)10-7-11-19-14(2)12-15-8-5-6-9-16(15)19/h5-6,8-9,14,18,20H,4,7,10-13H2,1-3H3. The highest BCUT2D eigenvalue weighted by Gasteiger charge is 2.26. The number of fused-ring (bicyclic) bond motifs is 1. The number of hydrogen-bond acceptors (Lipinski definition) is 3. The molecule has 0 spiro atoms. The van der Waals surface area contributed by atoms with Crippen LogP contribution in [0.3, 0.4) is 0 Å². The number of para-hydroxylation sites is 1. The lowest BCUT2D eigenvalue weighted by atomic mass is 9.96. The summed E-state index contributed by atoms with van der Waals surface area (Å²) in [6, 6.07) is 9.31. The minimum absolute atomic E-state index is 0.142. The number of benzene rings is 1. The van der Waals surface area contributed by atoms with Crippen LogP contribution >= 0.6 is 0 Å². The second kappa shape index (κ2) is 6.59. The average molecular weight is 276 g/mol. The van der Waals surface area contributed by atoms with Crippen LogP contribution in [0, 0.1) is 0 Å². The van der Waals surface area contributed by atoms with Crippen molar-refractivity contribution in [2.45, 2.75) is 51.6 Å². The first-order chi connectivity index (χ1) is 9.59. The molecule has 0 fully saturated rings. The van der Waals surface area contributed by atoms with E-state index in [0.29, 0.717) is 6.04 Å². The molecule has 0 amide bonds. The Hall–Kier alpha value is -1.06. The first-order valence-electron chi connectivity index (χ1n) is 7.80. The maximum absolute atomic E-state index is 9.54. The van der Waals surface area contributed by atoms with Crippen LogP contribution in [0.1, 0.15) is 39.2 Å². The Labute approximate surface area is 123 Å². The van der Waals surface area contributed by atoms with Gasteiger partial charge in [0.25, 0.3) is 0 Å². The Morgan fingerprint density at radius 3 is 2.85 bits per heavy atom. The zero-order valence-electron chi connectivity index (χ0n) is 13.0. The van der Waals surface area contributed by atoms with Gasteiger partial charge in [0.15, 0.2) is 0 Å². The fourth-order valence-corrected chi connectivity index (χ4v) is 3.26. The number of nitrogens with one attached hydrogen (secondary N) is 1. The molecule has 2 unspecified atom stereocenters. The van der Waals surface area contributed by atoms with Gasteiger partial charge < -0.3 is 15.3 Å². The molecule has 3 nitrogen and oxygen atoms in total. The van der Waals surface area contributed by atoms with Gasteiger partial charge in [-0.15, -0.1) is 0 Å². The molecule has 0 aromatic heterocycles. The maximum Gasteiger partial charge on any atom is 0.0610 e. The van der Waals surface area contributed by atoms with E-state index < -0.39 is 0 Å². The van der Waals surface area contributed by atoms with Gasteiger partial charge in [-0.05, 0) is 51.3 Å². The average Bonchev–Trinajstić information content (AvgIpc) is 2.75. The van der Waals surface area contributed by atoms with Gasteiger partial charge >= 0.3 is 0 Å². The van der Waals surface area contributed by atoms with Crippen molar-refractivity contribution < 1.29 is 5.11 Å². The van der Waals surface area contributed by atoms with E-state index in [4.69, 9.17) is 0 Å². The minimum atomic E-state index is -0.142. The van der Waals surface area contributed by atoms with E-state index in [1.165, 1.54) is 11.3 Å². The number of aliphatic hydroxyl groups is 1. The van der Waals surface area contributed by atoms with Gasteiger partial charge in [0.2, 0.25) is 0 Å². The zero-order valence-corrected chi connectivity index (χ0v) is 13.0. The first kappa shape index (κ1) is 15.3. The molecule has 1 aliphatic heterocycles. The van der Waals surface area contributed by atoms with E-state index in [0.717, 1.165) is 32.4 Å². The largest absolute Gasteiger partial charge is 0.394 e. The molecule has 20 heavy (non-hydrogen) atoms. The molecule has 1 aromatic carbocycles. The summed E-state index contributed by atoms with van der Waals surface area (Å²) in [7, 11) is 0. The summed E-state index contributed by atoms with van der Waals surface area (Å²) in [5.74, 6) is 0. The van der Waals surface area contributed by atoms with Gasteiger partial charge in [-0.1, -0.05) is 25.1 Å². The van der Waals surface area contributed by atoms with Crippen molar-refractivity contribution >= 4 is 5.69 Å². The van der Waals surface area contributed by atoms with Crippen molar-refractivity contribution in [1.82, 2.24) is 5.32 Å². The molecule has 0 bridgehead atoms. The summed E-state index contributed by atoms with van der Waals surface area (Å²) in [5, 5.41) is 12.9. The quantitative estimate of drug-likeness (QED) is 0.803. The lowest BCUT2D eigenvalue weighted by Gasteiger charge is -2.31. The van der Waals surface area contributed by atoms with Gasteiger partial charge in [0, 0.05) is 23.8 Å². The summed E-state index contributed by atoms with van der Waals surface area (Å²) in [6.45, 7) is 8.67. The maximum atomic E-state index is 9.54. The van der Waals surface area contributed by atoms with Crippen molar-refractivity contribution in [3.63, 3.8) is 0 Å². The Balaban J connectivity index is 1.91. The van der Waals surface area contributed by atoms with Crippen LogP contribution < -0.4 is 10.2 Å². The predicted octanol–water partition coefficient (Wildman–Crippen LogP) is 2.58. The smallest absolute Gasteiger partial charge is 0.0610 e. The molecule has 0 aliphatic carbocycles. The second-order valence-corrected chi connectivity index (χ2v) is 6.23.